The van der Waals surface area contributed by atoms with Gasteiger partial charge in [0.25, 0.3) is 0 Å². The van der Waals surface area contributed by atoms with E-state index in [9.17, 15) is 12.8 Å². The molecular weight excluding hydrogens is 255 g/mol. The quantitative estimate of drug-likeness (QED) is 0.877. The zero-order valence-electron chi connectivity index (χ0n) is 10.3. The average Bonchev–Trinajstić information content (AvgIpc) is 2.57. The highest BCUT2D eigenvalue weighted by atomic mass is 32.2. The second-order valence-corrected chi connectivity index (χ2v) is 6.27. The summed E-state index contributed by atoms with van der Waals surface area (Å²) in [7, 11) is -3.73. The van der Waals surface area contributed by atoms with Gasteiger partial charge in [-0.05, 0) is 31.5 Å². The molecule has 1 N–H and O–H groups in total. The Kier molecular flexibility index (Phi) is 3.99. The van der Waals surface area contributed by atoms with Crippen LogP contribution in [-0.2, 0) is 10.0 Å². The van der Waals surface area contributed by atoms with Gasteiger partial charge in [0.1, 0.15) is 10.7 Å². The molecular formula is C12H17FN2O2S. The molecule has 0 saturated carbocycles. The molecule has 0 amide bonds. The van der Waals surface area contributed by atoms with Crippen LogP contribution in [0.1, 0.15) is 12.0 Å². The van der Waals surface area contributed by atoms with Crippen LogP contribution in [0.3, 0.4) is 0 Å². The molecule has 0 bridgehead atoms. The van der Waals surface area contributed by atoms with Gasteiger partial charge in [-0.2, -0.15) is 4.31 Å². The molecule has 1 fully saturated rings. The second kappa shape index (κ2) is 5.34. The third-order valence-electron chi connectivity index (χ3n) is 3.06. The first-order chi connectivity index (χ1) is 8.53. The standard InChI is InChI=1S/C12H17FN2O2S/c1-10-4-2-5-11(13)12(10)18(16,17)15-8-3-6-14-7-9-15/h2,4-5,14H,3,6-9H2,1H3. The molecule has 100 valence electrons. The summed E-state index contributed by atoms with van der Waals surface area (Å²) in [5, 5.41) is 3.13. The van der Waals surface area contributed by atoms with Gasteiger partial charge in [-0.15, -0.1) is 0 Å². The Hall–Kier alpha value is -0.980. The van der Waals surface area contributed by atoms with Gasteiger partial charge in [0.2, 0.25) is 10.0 Å². The summed E-state index contributed by atoms with van der Waals surface area (Å²) in [5.74, 6) is -0.674. The largest absolute Gasteiger partial charge is 0.315 e. The van der Waals surface area contributed by atoms with Gasteiger partial charge in [0, 0.05) is 19.6 Å². The molecule has 1 aromatic rings. The van der Waals surface area contributed by atoms with E-state index in [1.807, 2.05) is 0 Å². The lowest BCUT2D eigenvalue weighted by molar-refractivity contribution is 0.427. The fourth-order valence-electron chi connectivity index (χ4n) is 2.13. The summed E-state index contributed by atoms with van der Waals surface area (Å²) in [6, 6.07) is 4.33. The third-order valence-corrected chi connectivity index (χ3v) is 5.14. The molecule has 0 aliphatic carbocycles. The summed E-state index contributed by atoms with van der Waals surface area (Å²) >= 11 is 0. The van der Waals surface area contributed by atoms with Crippen LogP contribution in [0, 0.1) is 12.7 Å². The highest BCUT2D eigenvalue weighted by Crippen LogP contribution is 2.23. The van der Waals surface area contributed by atoms with Crippen molar-refractivity contribution in [1.82, 2.24) is 9.62 Å². The molecule has 1 saturated heterocycles. The van der Waals surface area contributed by atoms with Crippen LogP contribution in [0.4, 0.5) is 4.39 Å². The minimum atomic E-state index is -3.73. The summed E-state index contributed by atoms with van der Waals surface area (Å²) in [6.07, 6.45) is 0.743. The van der Waals surface area contributed by atoms with Crippen LogP contribution in [0.5, 0.6) is 0 Å². The minimum Gasteiger partial charge on any atom is -0.315 e. The molecule has 1 heterocycles. The van der Waals surface area contributed by atoms with Gasteiger partial charge in [-0.3, -0.25) is 0 Å². The lowest BCUT2D eigenvalue weighted by Crippen LogP contribution is -2.35. The Balaban J connectivity index is 2.41. The Labute approximate surface area is 107 Å². The van der Waals surface area contributed by atoms with E-state index in [1.165, 1.54) is 16.4 Å². The van der Waals surface area contributed by atoms with E-state index in [0.717, 1.165) is 13.0 Å². The molecule has 18 heavy (non-hydrogen) atoms. The fraction of sp³-hybridized carbons (Fsp3) is 0.500. The van der Waals surface area contributed by atoms with Gasteiger partial charge in [-0.1, -0.05) is 12.1 Å². The molecule has 0 unspecified atom stereocenters. The van der Waals surface area contributed by atoms with Crippen molar-refractivity contribution in [3.8, 4) is 0 Å². The summed E-state index contributed by atoms with van der Waals surface area (Å²) in [4.78, 5) is -0.188. The number of aryl methyl sites for hydroxylation is 1. The van der Waals surface area contributed by atoms with Gasteiger partial charge in [0.15, 0.2) is 0 Å². The zero-order valence-corrected chi connectivity index (χ0v) is 11.1. The Morgan fingerprint density at radius 2 is 2.06 bits per heavy atom. The van der Waals surface area contributed by atoms with Crippen molar-refractivity contribution in [1.29, 1.82) is 0 Å². The van der Waals surface area contributed by atoms with E-state index in [-0.39, 0.29) is 4.90 Å². The van der Waals surface area contributed by atoms with Crippen LogP contribution in [0.25, 0.3) is 0 Å². The number of benzene rings is 1. The summed E-state index contributed by atoms with van der Waals surface area (Å²) in [5.41, 5.74) is 0.451. The molecule has 1 aromatic carbocycles. The van der Waals surface area contributed by atoms with Crippen molar-refractivity contribution >= 4 is 10.0 Å². The van der Waals surface area contributed by atoms with Gasteiger partial charge < -0.3 is 5.32 Å². The maximum absolute atomic E-state index is 13.8. The maximum atomic E-state index is 13.8. The predicted molar refractivity (Wildman–Crippen MR) is 67.4 cm³/mol. The van der Waals surface area contributed by atoms with Crippen molar-refractivity contribution in [3.63, 3.8) is 0 Å². The van der Waals surface area contributed by atoms with Gasteiger partial charge in [0.05, 0.1) is 0 Å². The molecule has 1 aliphatic heterocycles. The molecule has 4 nitrogen and oxygen atoms in total. The number of rotatable bonds is 2. The molecule has 6 heteroatoms. The highest BCUT2D eigenvalue weighted by Gasteiger charge is 2.29. The van der Waals surface area contributed by atoms with E-state index in [2.05, 4.69) is 5.32 Å². The van der Waals surface area contributed by atoms with Crippen molar-refractivity contribution in [3.05, 3.63) is 29.6 Å². The van der Waals surface area contributed by atoms with Crippen LogP contribution >= 0.6 is 0 Å². The summed E-state index contributed by atoms with van der Waals surface area (Å²) < 4.78 is 40.0. The van der Waals surface area contributed by atoms with Crippen LogP contribution < -0.4 is 5.32 Å². The monoisotopic (exact) mass is 272 g/mol. The number of hydrogen-bond acceptors (Lipinski definition) is 3. The third kappa shape index (κ3) is 2.55. The van der Waals surface area contributed by atoms with Crippen LogP contribution in [-0.4, -0.2) is 38.9 Å². The van der Waals surface area contributed by atoms with Crippen molar-refractivity contribution < 1.29 is 12.8 Å². The second-order valence-electron chi connectivity index (χ2n) is 4.39. The molecule has 0 spiro atoms. The van der Waals surface area contributed by atoms with Crippen LogP contribution in [0.15, 0.2) is 23.1 Å². The zero-order chi connectivity index (χ0) is 13.2. The molecule has 0 radical (unpaired) electrons. The van der Waals surface area contributed by atoms with E-state index >= 15 is 0 Å². The number of nitrogens with zero attached hydrogens (tertiary/aromatic N) is 1. The van der Waals surface area contributed by atoms with Crippen molar-refractivity contribution in [2.45, 2.75) is 18.2 Å². The van der Waals surface area contributed by atoms with E-state index < -0.39 is 15.8 Å². The molecule has 2 rings (SSSR count). The lowest BCUT2D eigenvalue weighted by atomic mass is 10.2. The maximum Gasteiger partial charge on any atom is 0.246 e. The molecule has 1 aliphatic rings. The van der Waals surface area contributed by atoms with Gasteiger partial charge in [-0.25, -0.2) is 12.8 Å². The first-order valence-electron chi connectivity index (χ1n) is 5.99. The fourth-order valence-corrected chi connectivity index (χ4v) is 3.88. The van der Waals surface area contributed by atoms with E-state index in [0.29, 0.717) is 25.2 Å². The Morgan fingerprint density at radius 3 is 2.78 bits per heavy atom. The lowest BCUT2D eigenvalue weighted by Gasteiger charge is -2.21. The van der Waals surface area contributed by atoms with Gasteiger partial charge >= 0.3 is 0 Å². The predicted octanol–water partition coefficient (Wildman–Crippen LogP) is 1.12. The first-order valence-corrected chi connectivity index (χ1v) is 7.43. The van der Waals surface area contributed by atoms with Crippen molar-refractivity contribution in [2.24, 2.45) is 0 Å². The number of sulfonamides is 1. The normalized spacial score (nSPS) is 18.6. The Morgan fingerprint density at radius 1 is 1.28 bits per heavy atom. The molecule has 0 aromatic heterocycles. The number of halogens is 1. The van der Waals surface area contributed by atoms with E-state index in [4.69, 9.17) is 0 Å². The first kappa shape index (κ1) is 13.5. The number of nitrogens with one attached hydrogen (secondary N) is 1. The SMILES string of the molecule is Cc1cccc(F)c1S(=O)(=O)N1CCCNCC1. The molecule has 0 atom stereocenters. The Bertz CT molecular complexity index is 503. The topological polar surface area (TPSA) is 49.4 Å². The minimum absolute atomic E-state index is 0.188. The average molecular weight is 272 g/mol. The summed E-state index contributed by atoms with van der Waals surface area (Å²) in [6.45, 7) is 3.83. The van der Waals surface area contributed by atoms with Crippen molar-refractivity contribution in [2.75, 3.05) is 26.2 Å². The highest BCUT2D eigenvalue weighted by molar-refractivity contribution is 7.89. The van der Waals surface area contributed by atoms with Crippen LogP contribution in [0.2, 0.25) is 0 Å². The smallest absolute Gasteiger partial charge is 0.246 e. The van der Waals surface area contributed by atoms with E-state index in [1.54, 1.807) is 13.0 Å². The number of hydrogen-bond donors (Lipinski definition) is 1.